The summed E-state index contributed by atoms with van der Waals surface area (Å²) in [6, 6.07) is 3.18. The van der Waals surface area contributed by atoms with Crippen LogP contribution in [0.2, 0.25) is 0 Å². The van der Waals surface area contributed by atoms with Gasteiger partial charge in [-0.2, -0.15) is 0 Å². The molecule has 8 nitrogen and oxygen atoms in total. The average Bonchev–Trinajstić information content (AvgIpc) is 2.83. The highest BCUT2D eigenvalue weighted by atomic mass is 16.6. The number of aromatic carboxylic acids is 1. The number of carboxylic acid groups (broad SMARTS) is 1. The summed E-state index contributed by atoms with van der Waals surface area (Å²) in [6.07, 6.45) is 4.69. The molecule has 0 spiro atoms. The van der Waals surface area contributed by atoms with Gasteiger partial charge in [0.2, 0.25) is 0 Å². The lowest BCUT2D eigenvalue weighted by atomic mass is 9.89. The summed E-state index contributed by atoms with van der Waals surface area (Å²) in [5, 5.41) is 32.3. The van der Waals surface area contributed by atoms with Crippen molar-refractivity contribution in [3.05, 3.63) is 41.0 Å². The van der Waals surface area contributed by atoms with Crippen LogP contribution in [0.1, 0.15) is 86.7 Å². The number of hydrogen-bond acceptors (Lipinski definition) is 6. The summed E-state index contributed by atoms with van der Waals surface area (Å²) >= 11 is 0. The molecule has 0 radical (unpaired) electrons. The van der Waals surface area contributed by atoms with E-state index in [-0.39, 0.29) is 23.5 Å². The van der Waals surface area contributed by atoms with E-state index >= 15 is 0 Å². The Kier molecular flexibility index (Phi) is 11.9. The molecule has 5 unspecified atom stereocenters. The number of unbranched alkanes of at least 4 members (excludes halogenated alkanes) is 2. The summed E-state index contributed by atoms with van der Waals surface area (Å²) < 4.78 is 11.8. The van der Waals surface area contributed by atoms with Crippen LogP contribution < -0.4 is 5.32 Å². The molecule has 2 rings (SSSR count). The predicted molar refractivity (Wildman–Crippen MR) is 138 cm³/mol. The number of methoxy groups -OCH3 is 1. The standard InChI is InChI=1S/C28H43NO7/c1-17(2)11-14-22(31)26(32)29-27(35-5)24-16-13-19(4)23(36-24)10-8-6-7-9-20-18(3)12-15-21(30)25(20)28(33)34/h12,15,19,22-24,27,30-31H,1,6-11,13-14,16H2,2-5H3,(H,29,32)(H,33,34). The molecule has 8 heteroatoms. The topological polar surface area (TPSA) is 125 Å². The van der Waals surface area contributed by atoms with E-state index in [0.717, 1.165) is 49.7 Å². The molecule has 0 aromatic heterocycles. The number of hydrogen-bond donors (Lipinski definition) is 4. The van der Waals surface area contributed by atoms with Crippen molar-refractivity contribution in [2.45, 2.75) is 103 Å². The molecule has 1 aliphatic heterocycles. The fraction of sp³-hybridized carbons (Fsp3) is 0.643. The zero-order chi connectivity index (χ0) is 26.8. The third-order valence-electron chi connectivity index (χ3n) is 7.07. The number of phenols is 1. The Balaban J connectivity index is 1.85. The first-order valence-electron chi connectivity index (χ1n) is 12.9. The van der Waals surface area contributed by atoms with E-state index in [1.807, 2.05) is 13.8 Å². The van der Waals surface area contributed by atoms with E-state index in [1.54, 1.807) is 6.07 Å². The molecular formula is C28H43NO7. The predicted octanol–water partition coefficient (Wildman–Crippen LogP) is 4.49. The van der Waals surface area contributed by atoms with E-state index in [1.165, 1.54) is 13.2 Å². The highest BCUT2D eigenvalue weighted by Gasteiger charge is 2.34. The molecule has 1 aliphatic rings. The van der Waals surface area contributed by atoms with Gasteiger partial charge in [0.15, 0.2) is 6.23 Å². The van der Waals surface area contributed by atoms with E-state index in [2.05, 4.69) is 18.8 Å². The Labute approximate surface area is 214 Å². The molecule has 0 saturated carbocycles. The number of amides is 1. The smallest absolute Gasteiger partial charge is 0.339 e. The molecule has 1 heterocycles. The second-order valence-electron chi connectivity index (χ2n) is 10.1. The SMILES string of the molecule is C=C(C)CCC(O)C(=O)NC(OC)C1CCC(C)C(CCCCCc2c(C)ccc(O)c2C(=O)O)O1. The summed E-state index contributed by atoms with van der Waals surface area (Å²) in [7, 11) is 1.52. The summed E-state index contributed by atoms with van der Waals surface area (Å²) in [5.74, 6) is -1.39. The lowest BCUT2D eigenvalue weighted by Gasteiger charge is -2.38. The number of carbonyl (C=O) groups excluding carboxylic acids is 1. The van der Waals surface area contributed by atoms with E-state index in [4.69, 9.17) is 9.47 Å². The first kappa shape index (κ1) is 29.8. The van der Waals surface area contributed by atoms with E-state index < -0.39 is 24.2 Å². The lowest BCUT2D eigenvalue weighted by molar-refractivity contribution is -0.157. The molecule has 0 bridgehead atoms. The number of aryl methyl sites for hydroxylation is 1. The van der Waals surface area contributed by atoms with Crippen molar-refractivity contribution in [3.63, 3.8) is 0 Å². The van der Waals surface area contributed by atoms with Crippen LogP contribution in [-0.4, -0.2) is 58.8 Å². The Hall–Kier alpha value is -2.42. The monoisotopic (exact) mass is 505 g/mol. The molecule has 202 valence electrons. The molecule has 36 heavy (non-hydrogen) atoms. The first-order valence-corrected chi connectivity index (χ1v) is 12.9. The number of carbonyl (C=O) groups is 2. The Morgan fingerprint density at radius 2 is 1.97 bits per heavy atom. The minimum absolute atomic E-state index is 0.000484. The van der Waals surface area contributed by atoms with Crippen LogP contribution in [-0.2, 0) is 20.7 Å². The van der Waals surface area contributed by atoms with Gasteiger partial charge in [-0.1, -0.05) is 31.4 Å². The molecule has 0 aliphatic carbocycles. The third kappa shape index (κ3) is 8.61. The summed E-state index contributed by atoms with van der Waals surface area (Å²) in [6.45, 7) is 9.69. The highest BCUT2D eigenvalue weighted by Crippen LogP contribution is 2.31. The van der Waals surface area contributed by atoms with Crippen LogP contribution in [0.15, 0.2) is 24.3 Å². The van der Waals surface area contributed by atoms with Crippen LogP contribution >= 0.6 is 0 Å². The normalized spacial score (nSPS) is 21.5. The number of aliphatic hydroxyl groups is 1. The largest absolute Gasteiger partial charge is 0.507 e. The Bertz CT molecular complexity index is 900. The Morgan fingerprint density at radius 1 is 1.25 bits per heavy atom. The van der Waals surface area contributed by atoms with Gasteiger partial charge >= 0.3 is 5.97 Å². The number of aromatic hydroxyl groups is 1. The quantitative estimate of drug-likeness (QED) is 0.167. The number of allylic oxidation sites excluding steroid dienone is 1. The molecule has 5 atom stereocenters. The van der Waals surface area contributed by atoms with Gasteiger partial charge in [-0.15, -0.1) is 6.58 Å². The van der Waals surface area contributed by atoms with Crippen LogP contribution in [0, 0.1) is 12.8 Å². The van der Waals surface area contributed by atoms with E-state index in [9.17, 15) is 24.9 Å². The maximum absolute atomic E-state index is 12.4. The highest BCUT2D eigenvalue weighted by molar-refractivity contribution is 5.93. The average molecular weight is 506 g/mol. The summed E-state index contributed by atoms with van der Waals surface area (Å²) in [4.78, 5) is 24.0. The van der Waals surface area contributed by atoms with Crippen LogP contribution in [0.4, 0.5) is 0 Å². The van der Waals surface area contributed by atoms with Gasteiger partial charge in [0, 0.05) is 7.11 Å². The van der Waals surface area contributed by atoms with Gasteiger partial charge in [-0.25, -0.2) is 4.79 Å². The van der Waals surface area contributed by atoms with Crippen LogP contribution in [0.3, 0.4) is 0 Å². The number of carboxylic acids is 1. The molecular weight excluding hydrogens is 462 g/mol. The van der Waals surface area contributed by atoms with Gasteiger partial charge in [0.1, 0.15) is 23.5 Å². The van der Waals surface area contributed by atoms with Crippen molar-refractivity contribution < 1.29 is 34.4 Å². The maximum Gasteiger partial charge on any atom is 0.339 e. The lowest BCUT2D eigenvalue weighted by Crippen LogP contribution is -2.52. The fourth-order valence-corrected chi connectivity index (χ4v) is 4.79. The minimum atomic E-state index is -1.12. The molecule has 1 aromatic rings. The van der Waals surface area contributed by atoms with Crippen molar-refractivity contribution >= 4 is 11.9 Å². The van der Waals surface area contributed by atoms with Gasteiger partial charge in [0.25, 0.3) is 5.91 Å². The van der Waals surface area contributed by atoms with Crippen LogP contribution in [0.25, 0.3) is 0 Å². The third-order valence-corrected chi connectivity index (χ3v) is 7.07. The number of ether oxygens (including phenoxy) is 2. The molecule has 1 saturated heterocycles. The number of aliphatic hydroxyl groups excluding tert-OH is 1. The number of rotatable bonds is 14. The fourth-order valence-electron chi connectivity index (χ4n) is 4.79. The number of benzene rings is 1. The summed E-state index contributed by atoms with van der Waals surface area (Å²) in [5.41, 5.74) is 2.47. The first-order chi connectivity index (χ1) is 17.0. The van der Waals surface area contributed by atoms with Crippen molar-refractivity contribution in [1.29, 1.82) is 0 Å². The van der Waals surface area contributed by atoms with Crippen molar-refractivity contribution in [2.75, 3.05) is 7.11 Å². The second kappa shape index (κ2) is 14.4. The van der Waals surface area contributed by atoms with Gasteiger partial charge in [-0.3, -0.25) is 4.79 Å². The van der Waals surface area contributed by atoms with E-state index in [0.29, 0.717) is 30.7 Å². The zero-order valence-corrected chi connectivity index (χ0v) is 22.1. The maximum atomic E-state index is 12.4. The van der Waals surface area contributed by atoms with Crippen molar-refractivity contribution in [1.82, 2.24) is 5.32 Å². The van der Waals surface area contributed by atoms with Gasteiger partial charge < -0.3 is 30.1 Å². The zero-order valence-electron chi connectivity index (χ0n) is 22.1. The van der Waals surface area contributed by atoms with Crippen molar-refractivity contribution in [3.8, 4) is 5.75 Å². The van der Waals surface area contributed by atoms with Crippen molar-refractivity contribution in [2.24, 2.45) is 5.92 Å². The molecule has 1 amide bonds. The molecule has 1 fully saturated rings. The molecule has 4 N–H and O–H groups in total. The van der Waals surface area contributed by atoms with Gasteiger partial charge in [-0.05, 0) is 81.9 Å². The molecule has 1 aromatic carbocycles. The number of nitrogens with one attached hydrogen (secondary N) is 1. The van der Waals surface area contributed by atoms with Gasteiger partial charge in [0.05, 0.1) is 6.10 Å². The second-order valence-corrected chi connectivity index (χ2v) is 10.1. The minimum Gasteiger partial charge on any atom is -0.507 e. The van der Waals surface area contributed by atoms with Crippen LogP contribution in [0.5, 0.6) is 5.75 Å². The Morgan fingerprint density at radius 3 is 2.61 bits per heavy atom.